The van der Waals surface area contributed by atoms with E-state index in [9.17, 15) is 0 Å². The van der Waals surface area contributed by atoms with Crippen LogP contribution < -0.4 is 0 Å². The van der Waals surface area contributed by atoms with Gasteiger partial charge in [-0.25, -0.2) is 0 Å². The van der Waals surface area contributed by atoms with Crippen LogP contribution in [0, 0.1) is 0 Å². The Morgan fingerprint density at radius 2 is 1.78 bits per heavy atom. The third kappa shape index (κ3) is 5.97. The second kappa shape index (κ2) is 6.22. The summed E-state index contributed by atoms with van der Waals surface area (Å²) in [5.41, 5.74) is 0. The van der Waals surface area contributed by atoms with Gasteiger partial charge in [0.25, 0.3) is 6.47 Å². The van der Waals surface area contributed by atoms with Crippen LogP contribution in [0.5, 0.6) is 0 Å². The summed E-state index contributed by atoms with van der Waals surface area (Å²) < 4.78 is 1.17. The van der Waals surface area contributed by atoms with Crippen LogP contribution in [0.15, 0.2) is 0 Å². The third-order valence-corrected chi connectivity index (χ3v) is 3.19. The normalized spacial score (nSPS) is 18.4. The van der Waals surface area contributed by atoms with Crippen LogP contribution in [0.1, 0.15) is 25.7 Å². The molecule has 0 aromatic rings. The molecule has 1 N–H and O–H groups in total. The van der Waals surface area contributed by atoms with E-state index in [1.165, 1.54) is 17.4 Å². The molecule has 0 aromatic carbocycles. The Kier molecular flexibility index (Phi) is 6.28. The summed E-state index contributed by atoms with van der Waals surface area (Å²) in [4.78, 5) is 8.36. The van der Waals surface area contributed by atoms with Gasteiger partial charge in [-0.05, 0) is 0 Å². The molecule has 0 aliphatic heterocycles. The standard InChI is InChI=1S/C5H9.CH2O2.Zn/c1-2-4-5-3-1;2-1-3;/h1H,2-5H2;1H,(H,2,3);. The van der Waals surface area contributed by atoms with E-state index in [-0.39, 0.29) is 6.47 Å². The van der Waals surface area contributed by atoms with Crippen molar-refractivity contribution in [1.82, 2.24) is 0 Å². The molecule has 0 heterocycles. The summed E-state index contributed by atoms with van der Waals surface area (Å²) in [7, 11) is 0. The van der Waals surface area contributed by atoms with Crippen molar-refractivity contribution < 1.29 is 28.2 Å². The quantitative estimate of drug-likeness (QED) is 0.454. The average molecular weight is 181 g/mol. The summed E-state index contributed by atoms with van der Waals surface area (Å²) in [5.74, 6) is 0. The molecule has 0 atom stereocenters. The van der Waals surface area contributed by atoms with Crippen molar-refractivity contribution in [3.63, 3.8) is 0 Å². The van der Waals surface area contributed by atoms with E-state index in [4.69, 9.17) is 9.90 Å². The minimum atomic E-state index is -0.250. The Hall–Kier alpha value is 0.0934. The SMILES string of the molecule is O=CO.[Zn][CH]1CCCC1. The van der Waals surface area contributed by atoms with Crippen molar-refractivity contribution >= 4 is 6.47 Å². The molecular formula is C6H11O2Zn. The molecule has 0 radical (unpaired) electrons. The van der Waals surface area contributed by atoms with Crippen molar-refractivity contribution in [1.29, 1.82) is 0 Å². The molecule has 0 amide bonds. The Labute approximate surface area is 65.3 Å². The van der Waals surface area contributed by atoms with Gasteiger partial charge in [-0.15, -0.1) is 0 Å². The summed E-state index contributed by atoms with van der Waals surface area (Å²) in [6.45, 7) is -0.250. The zero-order valence-corrected chi connectivity index (χ0v) is 8.51. The molecule has 1 rings (SSSR count). The predicted molar refractivity (Wildman–Crippen MR) is 30.9 cm³/mol. The van der Waals surface area contributed by atoms with Gasteiger partial charge < -0.3 is 5.11 Å². The Morgan fingerprint density at radius 1 is 1.44 bits per heavy atom. The molecule has 1 aliphatic rings. The van der Waals surface area contributed by atoms with Crippen LogP contribution in [0.4, 0.5) is 0 Å². The van der Waals surface area contributed by atoms with E-state index in [0.717, 1.165) is 0 Å². The van der Waals surface area contributed by atoms with Crippen molar-refractivity contribution in [2.75, 3.05) is 0 Å². The van der Waals surface area contributed by atoms with Gasteiger partial charge in [0.15, 0.2) is 0 Å². The third-order valence-electron chi connectivity index (χ3n) is 1.47. The van der Waals surface area contributed by atoms with E-state index in [1.807, 2.05) is 0 Å². The molecule has 49 valence electrons. The second-order valence-corrected chi connectivity index (χ2v) is 4.68. The van der Waals surface area contributed by atoms with Gasteiger partial charge in [-0.3, -0.25) is 4.79 Å². The number of rotatable bonds is 0. The van der Waals surface area contributed by atoms with E-state index >= 15 is 0 Å². The monoisotopic (exact) mass is 179 g/mol. The molecule has 0 bridgehead atoms. The molecule has 0 aromatic heterocycles. The van der Waals surface area contributed by atoms with Crippen molar-refractivity contribution in [3.05, 3.63) is 0 Å². The maximum atomic E-state index is 8.36. The maximum absolute atomic E-state index is 8.36. The number of hydrogen-bond donors (Lipinski definition) is 1. The first-order valence-electron chi connectivity index (χ1n) is 3.22. The van der Waals surface area contributed by atoms with Crippen LogP contribution in [0.2, 0.25) is 4.51 Å². The molecule has 1 fully saturated rings. The van der Waals surface area contributed by atoms with Crippen LogP contribution >= 0.6 is 0 Å². The molecule has 2 nitrogen and oxygen atoms in total. The van der Waals surface area contributed by atoms with E-state index in [1.54, 1.807) is 31.1 Å². The molecule has 0 saturated heterocycles. The fraction of sp³-hybridized carbons (Fsp3) is 0.833. The summed E-state index contributed by atoms with van der Waals surface area (Å²) in [6.07, 6.45) is 6.12. The Bertz CT molecular complexity index is 69.5. The van der Waals surface area contributed by atoms with Crippen LogP contribution in [-0.2, 0) is 23.1 Å². The fourth-order valence-electron chi connectivity index (χ4n) is 1.01. The first kappa shape index (κ1) is 9.09. The number of carboxylic acid groups (broad SMARTS) is 1. The van der Waals surface area contributed by atoms with E-state index < -0.39 is 0 Å². The molecule has 1 aliphatic carbocycles. The zero-order chi connectivity index (χ0) is 7.11. The predicted octanol–water partition coefficient (Wildman–Crippen LogP) is 1.60. The van der Waals surface area contributed by atoms with Crippen LogP contribution in [0.25, 0.3) is 0 Å². The fourth-order valence-corrected chi connectivity index (χ4v) is 2.22. The van der Waals surface area contributed by atoms with Crippen LogP contribution in [0.3, 0.4) is 0 Å². The number of hydrogen-bond acceptors (Lipinski definition) is 1. The molecule has 0 unspecified atom stereocenters. The van der Waals surface area contributed by atoms with Crippen LogP contribution in [-0.4, -0.2) is 11.6 Å². The Morgan fingerprint density at radius 3 is 1.89 bits per heavy atom. The minimum absolute atomic E-state index is 0.250. The van der Waals surface area contributed by atoms with E-state index in [0.29, 0.717) is 0 Å². The van der Waals surface area contributed by atoms with Crippen molar-refractivity contribution in [2.24, 2.45) is 0 Å². The topological polar surface area (TPSA) is 37.3 Å². The molecular weight excluding hydrogens is 169 g/mol. The van der Waals surface area contributed by atoms with Gasteiger partial charge in [-0.2, -0.15) is 0 Å². The van der Waals surface area contributed by atoms with Gasteiger partial charge in [0.05, 0.1) is 0 Å². The van der Waals surface area contributed by atoms with Gasteiger partial charge in [0.1, 0.15) is 0 Å². The first-order chi connectivity index (χ1) is 4.31. The molecule has 1 saturated carbocycles. The van der Waals surface area contributed by atoms with Gasteiger partial charge in [0.2, 0.25) is 0 Å². The molecule has 0 spiro atoms. The van der Waals surface area contributed by atoms with Gasteiger partial charge in [0, 0.05) is 0 Å². The molecule has 9 heavy (non-hydrogen) atoms. The summed E-state index contributed by atoms with van der Waals surface area (Å²) in [5, 5.41) is 6.89. The van der Waals surface area contributed by atoms with Gasteiger partial charge >= 0.3 is 48.5 Å². The zero-order valence-electron chi connectivity index (χ0n) is 5.55. The Balaban J connectivity index is 0.000000187. The van der Waals surface area contributed by atoms with Gasteiger partial charge in [-0.1, -0.05) is 0 Å². The summed E-state index contributed by atoms with van der Waals surface area (Å²) in [6, 6.07) is 0. The second-order valence-electron chi connectivity index (χ2n) is 2.26. The molecule has 3 heteroatoms. The summed E-state index contributed by atoms with van der Waals surface area (Å²) >= 11 is 1.54. The average Bonchev–Trinajstić information content (AvgIpc) is 2.20. The number of carbonyl (C=O) groups is 1. The van der Waals surface area contributed by atoms with E-state index in [2.05, 4.69) is 0 Å². The van der Waals surface area contributed by atoms with Crippen molar-refractivity contribution in [3.8, 4) is 0 Å². The first-order valence-corrected chi connectivity index (χ1v) is 4.93. The van der Waals surface area contributed by atoms with Crippen molar-refractivity contribution in [2.45, 2.75) is 30.2 Å².